The number of Topliss-reactive ketones (excluding diaryl/α,β-unsaturated/α-hetero) is 1. The van der Waals surface area contributed by atoms with E-state index in [4.69, 9.17) is 0 Å². The first-order chi connectivity index (χ1) is 6.13. The number of carbonyl (C=O) groups excluding carboxylic acids is 2. The Labute approximate surface area is 76.9 Å². The number of rotatable bonds is 2. The lowest BCUT2D eigenvalue weighted by atomic mass is 10.1. The molecule has 0 aliphatic carbocycles. The van der Waals surface area contributed by atoms with E-state index in [0.717, 1.165) is 0 Å². The summed E-state index contributed by atoms with van der Waals surface area (Å²) in [7, 11) is 0. The molecule has 1 rings (SSSR count). The molecule has 0 aliphatic heterocycles. The van der Waals surface area contributed by atoms with E-state index in [9.17, 15) is 18.4 Å². The Bertz CT molecular complexity index is 358. The summed E-state index contributed by atoms with van der Waals surface area (Å²) in [5.41, 5.74) is 0.0803. The number of hydrogen-bond donors (Lipinski definition) is 0. The Morgan fingerprint density at radius 2 is 1.69 bits per heavy atom. The van der Waals surface area contributed by atoms with Gasteiger partial charge in [0.25, 0.3) is 5.12 Å². The van der Waals surface area contributed by atoms with Gasteiger partial charge in [0.05, 0.1) is 0 Å². The highest BCUT2D eigenvalue weighted by atomic mass is 32.2. The second-order valence-corrected chi connectivity index (χ2v) is 3.06. The van der Waals surface area contributed by atoms with Crippen molar-refractivity contribution in [2.75, 3.05) is 0 Å². The largest absolute Gasteiger partial charge is 0.766 e. The molecule has 0 spiro atoms. The van der Waals surface area contributed by atoms with Crippen LogP contribution in [-0.2, 0) is 15.9 Å². The molecule has 1 unspecified atom stereocenters. The molecule has 0 N–H and O–H groups in total. The maximum absolute atomic E-state index is 11.0. The zero-order valence-electron chi connectivity index (χ0n) is 6.43. The van der Waals surface area contributed by atoms with Crippen LogP contribution in [0, 0.1) is 0 Å². The molecule has 0 bridgehead atoms. The average molecular weight is 197 g/mol. The average Bonchev–Trinajstić information content (AvgIpc) is 2.17. The van der Waals surface area contributed by atoms with Crippen molar-refractivity contribution in [1.29, 1.82) is 0 Å². The van der Waals surface area contributed by atoms with Gasteiger partial charge in [-0.1, -0.05) is 30.3 Å². The lowest BCUT2D eigenvalue weighted by molar-refractivity contribution is -0.108. The summed E-state index contributed by atoms with van der Waals surface area (Å²) >= 11 is -2.98. The number of benzene rings is 1. The third-order valence-corrected chi connectivity index (χ3v) is 1.86. The number of carbonyl (C=O) groups is 2. The van der Waals surface area contributed by atoms with Crippen LogP contribution in [0.4, 0.5) is 0 Å². The maximum Gasteiger partial charge on any atom is 0.276 e. The molecule has 0 saturated heterocycles. The van der Waals surface area contributed by atoms with E-state index in [0.29, 0.717) is 0 Å². The summed E-state index contributed by atoms with van der Waals surface area (Å²) in [6.07, 6.45) is 0. The fraction of sp³-hybridized carbons (Fsp3) is 0. The van der Waals surface area contributed by atoms with Crippen LogP contribution in [0.15, 0.2) is 30.3 Å². The van der Waals surface area contributed by atoms with Crippen molar-refractivity contribution in [2.24, 2.45) is 0 Å². The number of ketones is 1. The van der Waals surface area contributed by atoms with Gasteiger partial charge in [-0.3, -0.25) is 13.8 Å². The summed E-state index contributed by atoms with van der Waals surface area (Å²) in [4.78, 5) is 21.7. The molecule has 0 radical (unpaired) electrons. The normalized spacial score (nSPS) is 12.1. The van der Waals surface area contributed by atoms with Crippen LogP contribution in [0.25, 0.3) is 0 Å². The summed E-state index contributed by atoms with van der Waals surface area (Å²) in [5.74, 6) is -1.01. The Morgan fingerprint density at radius 1 is 1.15 bits per heavy atom. The molecule has 0 amide bonds. The standard InChI is InChI=1S/C8H6O4S/c9-7(8(10)13(11)12)6-4-2-1-3-5-6/h1-5H,(H,11,12)/p-1. The minimum atomic E-state index is -2.98. The first kappa shape index (κ1) is 9.76. The van der Waals surface area contributed by atoms with Gasteiger partial charge in [0.2, 0.25) is 5.78 Å². The third kappa shape index (κ3) is 2.30. The molecule has 5 heteroatoms. The second-order valence-electron chi connectivity index (χ2n) is 2.22. The van der Waals surface area contributed by atoms with E-state index in [1.54, 1.807) is 18.2 Å². The van der Waals surface area contributed by atoms with Crippen molar-refractivity contribution in [3.05, 3.63) is 35.9 Å². The Hall–Kier alpha value is -1.33. The van der Waals surface area contributed by atoms with Gasteiger partial charge in [-0.05, 0) is 0 Å². The molecule has 1 aromatic carbocycles. The zero-order valence-corrected chi connectivity index (χ0v) is 7.24. The van der Waals surface area contributed by atoms with Gasteiger partial charge < -0.3 is 4.55 Å². The van der Waals surface area contributed by atoms with Crippen LogP contribution in [0.5, 0.6) is 0 Å². The minimum absolute atomic E-state index is 0.0803. The quantitative estimate of drug-likeness (QED) is 0.387. The van der Waals surface area contributed by atoms with Gasteiger partial charge in [0.15, 0.2) is 0 Å². The lowest BCUT2D eigenvalue weighted by Crippen LogP contribution is -2.18. The molecule has 68 valence electrons. The summed E-state index contributed by atoms with van der Waals surface area (Å²) < 4.78 is 20.3. The van der Waals surface area contributed by atoms with Gasteiger partial charge in [0.1, 0.15) is 0 Å². The van der Waals surface area contributed by atoms with Crippen LogP contribution >= 0.6 is 0 Å². The van der Waals surface area contributed by atoms with Crippen LogP contribution < -0.4 is 0 Å². The van der Waals surface area contributed by atoms with Crippen molar-refractivity contribution >= 4 is 22.0 Å². The monoisotopic (exact) mass is 197 g/mol. The Morgan fingerprint density at radius 3 is 2.15 bits per heavy atom. The molecule has 0 heterocycles. The fourth-order valence-electron chi connectivity index (χ4n) is 0.783. The van der Waals surface area contributed by atoms with Crippen molar-refractivity contribution in [3.63, 3.8) is 0 Å². The van der Waals surface area contributed by atoms with E-state index in [1.165, 1.54) is 12.1 Å². The highest BCUT2D eigenvalue weighted by Crippen LogP contribution is 2.01. The summed E-state index contributed by atoms with van der Waals surface area (Å²) in [5, 5.41) is -1.41. The van der Waals surface area contributed by atoms with Crippen molar-refractivity contribution in [3.8, 4) is 0 Å². The topological polar surface area (TPSA) is 74.3 Å². The van der Waals surface area contributed by atoms with E-state index in [-0.39, 0.29) is 5.56 Å². The predicted octanol–water partition coefficient (Wildman–Crippen LogP) is 0.275. The molecule has 0 aromatic heterocycles. The molecule has 13 heavy (non-hydrogen) atoms. The van der Waals surface area contributed by atoms with Gasteiger partial charge >= 0.3 is 0 Å². The maximum atomic E-state index is 11.0. The van der Waals surface area contributed by atoms with Crippen molar-refractivity contribution < 1.29 is 18.4 Å². The van der Waals surface area contributed by atoms with Crippen LogP contribution in [0.1, 0.15) is 10.4 Å². The molecule has 0 aliphatic rings. The highest BCUT2D eigenvalue weighted by molar-refractivity contribution is 7.97. The van der Waals surface area contributed by atoms with E-state index in [1.807, 2.05) is 0 Å². The summed E-state index contributed by atoms with van der Waals surface area (Å²) in [6.45, 7) is 0. The Kier molecular flexibility index (Phi) is 3.05. The van der Waals surface area contributed by atoms with E-state index in [2.05, 4.69) is 0 Å². The second kappa shape index (κ2) is 4.06. The van der Waals surface area contributed by atoms with Gasteiger partial charge in [0, 0.05) is 16.6 Å². The van der Waals surface area contributed by atoms with Gasteiger partial charge in [-0.2, -0.15) is 0 Å². The van der Waals surface area contributed by atoms with Crippen LogP contribution in [0.3, 0.4) is 0 Å². The highest BCUT2D eigenvalue weighted by Gasteiger charge is 2.15. The van der Waals surface area contributed by atoms with Gasteiger partial charge in [-0.15, -0.1) is 0 Å². The third-order valence-electron chi connectivity index (χ3n) is 1.37. The molecule has 1 atom stereocenters. The molecule has 0 fully saturated rings. The molecule has 0 saturated carbocycles. The first-order valence-corrected chi connectivity index (χ1v) is 4.43. The van der Waals surface area contributed by atoms with E-state index < -0.39 is 22.0 Å². The fourth-order valence-corrected chi connectivity index (χ4v) is 1.05. The number of hydrogen-bond acceptors (Lipinski definition) is 4. The molecule has 4 nitrogen and oxygen atoms in total. The van der Waals surface area contributed by atoms with Gasteiger partial charge in [-0.25, -0.2) is 0 Å². The van der Waals surface area contributed by atoms with Crippen LogP contribution in [-0.4, -0.2) is 19.7 Å². The Balaban J connectivity index is 2.93. The lowest BCUT2D eigenvalue weighted by Gasteiger charge is -2.01. The van der Waals surface area contributed by atoms with E-state index >= 15 is 0 Å². The van der Waals surface area contributed by atoms with Crippen molar-refractivity contribution in [2.45, 2.75) is 0 Å². The zero-order chi connectivity index (χ0) is 9.84. The smallest absolute Gasteiger partial charge is 0.276 e. The molecular formula is C8H5O4S-. The SMILES string of the molecule is O=C(C(=O)S(=O)[O-])c1ccccc1. The summed E-state index contributed by atoms with van der Waals surface area (Å²) in [6, 6.07) is 7.53. The minimum Gasteiger partial charge on any atom is -0.766 e. The van der Waals surface area contributed by atoms with Crippen LogP contribution in [0.2, 0.25) is 0 Å². The molecule has 1 aromatic rings. The molecular weight excluding hydrogens is 192 g/mol. The first-order valence-electron chi connectivity index (χ1n) is 3.36. The van der Waals surface area contributed by atoms with Crippen molar-refractivity contribution in [1.82, 2.24) is 0 Å². The predicted molar refractivity (Wildman–Crippen MR) is 44.7 cm³/mol.